The largest absolute Gasteiger partial charge is 0.480 e. The van der Waals surface area contributed by atoms with Crippen LogP contribution in [-0.4, -0.2) is 57.1 Å². The number of halogens is 1. The molecule has 0 spiro atoms. The quantitative estimate of drug-likeness (QED) is 0.578. The minimum absolute atomic E-state index is 0.0612. The van der Waals surface area contributed by atoms with Gasteiger partial charge in [0.25, 0.3) is 0 Å². The maximum Gasteiger partial charge on any atom is 0.326 e. The Morgan fingerprint density at radius 2 is 1.83 bits per heavy atom. The van der Waals surface area contributed by atoms with E-state index in [2.05, 4.69) is 5.32 Å². The molecule has 1 saturated carbocycles. The van der Waals surface area contributed by atoms with Crippen LogP contribution in [0.3, 0.4) is 0 Å². The summed E-state index contributed by atoms with van der Waals surface area (Å²) in [7, 11) is 0. The third-order valence-corrected chi connectivity index (χ3v) is 6.63. The van der Waals surface area contributed by atoms with Gasteiger partial charge in [0, 0.05) is 11.1 Å². The number of hydrogen-bond acceptors (Lipinski definition) is 4. The SMILES string of the molecule is C[C@H](N[C@@H](CCc1ccc(Cl)cc1)C(=O)O)C(=O)N1[C@H](C(=O)O)C[C@H]2CCCC[C@@H]21. The number of aliphatic carboxylic acids is 2. The predicted molar refractivity (Wildman–Crippen MR) is 112 cm³/mol. The Balaban J connectivity index is 1.66. The second-order valence-corrected chi connectivity index (χ2v) is 8.83. The number of carboxylic acid groups (broad SMARTS) is 2. The van der Waals surface area contributed by atoms with Crippen LogP contribution in [0.15, 0.2) is 24.3 Å². The highest BCUT2D eigenvalue weighted by molar-refractivity contribution is 6.30. The third-order valence-electron chi connectivity index (χ3n) is 6.38. The Morgan fingerprint density at radius 3 is 2.47 bits per heavy atom. The maximum absolute atomic E-state index is 13.2. The monoisotopic (exact) mass is 436 g/mol. The lowest BCUT2D eigenvalue weighted by atomic mass is 9.84. The highest BCUT2D eigenvalue weighted by Crippen LogP contribution is 2.40. The van der Waals surface area contributed by atoms with Crippen LogP contribution in [0.25, 0.3) is 0 Å². The van der Waals surface area contributed by atoms with Gasteiger partial charge in [0.2, 0.25) is 5.91 Å². The molecule has 2 aliphatic rings. The van der Waals surface area contributed by atoms with Gasteiger partial charge in [0.1, 0.15) is 12.1 Å². The molecule has 0 aromatic heterocycles. The van der Waals surface area contributed by atoms with Gasteiger partial charge < -0.3 is 15.1 Å². The fraction of sp³-hybridized carbons (Fsp3) is 0.591. The van der Waals surface area contributed by atoms with Crippen molar-refractivity contribution in [3.63, 3.8) is 0 Å². The summed E-state index contributed by atoms with van der Waals surface area (Å²) in [5.41, 5.74) is 0.960. The zero-order valence-corrected chi connectivity index (χ0v) is 17.8. The fourth-order valence-electron chi connectivity index (χ4n) is 4.83. The lowest BCUT2D eigenvalue weighted by Gasteiger charge is -2.35. The van der Waals surface area contributed by atoms with Crippen LogP contribution in [-0.2, 0) is 20.8 Å². The van der Waals surface area contributed by atoms with E-state index in [1.807, 2.05) is 12.1 Å². The van der Waals surface area contributed by atoms with Gasteiger partial charge >= 0.3 is 11.9 Å². The summed E-state index contributed by atoms with van der Waals surface area (Å²) in [4.78, 5) is 38.2. The van der Waals surface area contributed by atoms with E-state index in [9.17, 15) is 24.6 Å². The van der Waals surface area contributed by atoms with Crippen LogP contribution >= 0.6 is 11.6 Å². The Morgan fingerprint density at radius 1 is 1.17 bits per heavy atom. The normalized spacial score (nSPS) is 25.4. The van der Waals surface area contributed by atoms with Crippen molar-refractivity contribution in [2.45, 2.75) is 76.0 Å². The summed E-state index contributed by atoms with van der Waals surface area (Å²) in [6.07, 6.45) is 5.12. The van der Waals surface area contributed by atoms with Gasteiger partial charge in [-0.2, -0.15) is 0 Å². The van der Waals surface area contributed by atoms with Crippen LogP contribution in [0.1, 0.15) is 51.0 Å². The third kappa shape index (κ3) is 5.13. The van der Waals surface area contributed by atoms with Crippen molar-refractivity contribution >= 4 is 29.4 Å². The van der Waals surface area contributed by atoms with Gasteiger partial charge in [-0.15, -0.1) is 0 Å². The Hall–Kier alpha value is -2.12. The number of carbonyl (C=O) groups excluding carboxylic acids is 1. The molecule has 1 saturated heterocycles. The number of hydrogen-bond donors (Lipinski definition) is 3. The maximum atomic E-state index is 13.2. The smallest absolute Gasteiger partial charge is 0.326 e. The second kappa shape index (κ2) is 9.79. The molecule has 1 aliphatic heterocycles. The zero-order chi connectivity index (χ0) is 21.8. The molecule has 2 fully saturated rings. The standard InChI is InChI=1S/C22H29ClN2O5/c1-13(24-17(21(27)28)11-8-14-6-9-16(23)10-7-14)20(26)25-18-5-3-2-4-15(18)12-19(25)22(29)30/h6-7,9-10,13,15,17-19,24H,2-5,8,11-12H2,1H3,(H,27,28)(H,29,30)/t13-,15+,17-,18-,19-/m0/s1. The van der Waals surface area contributed by atoms with Gasteiger partial charge in [-0.05, 0) is 62.6 Å². The Kier molecular flexibility index (Phi) is 7.36. The Bertz CT molecular complexity index is 784. The molecule has 0 bridgehead atoms. The topological polar surface area (TPSA) is 107 Å². The number of nitrogens with one attached hydrogen (secondary N) is 1. The first-order chi connectivity index (χ1) is 14.3. The van der Waals surface area contributed by atoms with E-state index in [0.717, 1.165) is 31.2 Å². The van der Waals surface area contributed by atoms with E-state index in [1.165, 1.54) is 4.90 Å². The van der Waals surface area contributed by atoms with Crippen LogP contribution in [0, 0.1) is 5.92 Å². The van der Waals surface area contributed by atoms with Gasteiger partial charge in [-0.3, -0.25) is 14.9 Å². The first-order valence-corrected chi connectivity index (χ1v) is 10.9. The average Bonchev–Trinajstić information content (AvgIpc) is 3.11. The van der Waals surface area contributed by atoms with Crippen molar-refractivity contribution < 1.29 is 24.6 Å². The lowest BCUT2D eigenvalue weighted by molar-refractivity contribution is -0.151. The molecule has 7 nitrogen and oxygen atoms in total. The highest BCUT2D eigenvalue weighted by Gasteiger charge is 2.48. The number of amides is 1. The average molecular weight is 437 g/mol. The molecule has 164 valence electrons. The van der Waals surface area contributed by atoms with E-state index < -0.39 is 30.1 Å². The van der Waals surface area contributed by atoms with E-state index in [0.29, 0.717) is 24.3 Å². The van der Waals surface area contributed by atoms with Crippen molar-refractivity contribution in [1.82, 2.24) is 10.2 Å². The van der Waals surface area contributed by atoms with Crippen molar-refractivity contribution in [1.29, 1.82) is 0 Å². The molecule has 3 N–H and O–H groups in total. The van der Waals surface area contributed by atoms with Crippen LogP contribution < -0.4 is 5.32 Å². The molecule has 1 heterocycles. The van der Waals surface area contributed by atoms with Crippen LogP contribution in [0.4, 0.5) is 0 Å². The molecular formula is C22H29ClN2O5. The molecule has 1 aliphatic carbocycles. The summed E-state index contributed by atoms with van der Waals surface area (Å²) in [6, 6.07) is 4.63. The van der Waals surface area contributed by atoms with Crippen molar-refractivity contribution in [2.75, 3.05) is 0 Å². The first-order valence-electron chi connectivity index (χ1n) is 10.6. The number of nitrogens with zero attached hydrogens (tertiary/aromatic N) is 1. The number of carbonyl (C=O) groups is 3. The molecular weight excluding hydrogens is 408 g/mol. The summed E-state index contributed by atoms with van der Waals surface area (Å²) in [5, 5.41) is 22.8. The van der Waals surface area contributed by atoms with Crippen LogP contribution in [0.5, 0.6) is 0 Å². The van der Waals surface area contributed by atoms with E-state index in [4.69, 9.17) is 11.6 Å². The Labute approximate surface area is 181 Å². The minimum Gasteiger partial charge on any atom is -0.480 e. The number of benzene rings is 1. The molecule has 8 heteroatoms. The first kappa shape index (κ1) is 22.6. The molecule has 30 heavy (non-hydrogen) atoms. The molecule has 1 aromatic rings. The van der Waals surface area contributed by atoms with Crippen molar-refractivity contribution in [2.24, 2.45) is 5.92 Å². The summed E-state index contributed by atoms with van der Waals surface area (Å²) >= 11 is 5.88. The summed E-state index contributed by atoms with van der Waals surface area (Å²) in [6.45, 7) is 1.62. The van der Waals surface area contributed by atoms with Gasteiger partial charge in [0.05, 0.1) is 6.04 Å². The highest BCUT2D eigenvalue weighted by atomic mass is 35.5. The van der Waals surface area contributed by atoms with E-state index >= 15 is 0 Å². The lowest BCUT2D eigenvalue weighted by Crippen LogP contribution is -2.55. The molecule has 0 radical (unpaired) electrons. The molecule has 1 aromatic carbocycles. The number of carboxylic acids is 2. The number of rotatable bonds is 8. The van der Waals surface area contributed by atoms with Gasteiger partial charge in [0.15, 0.2) is 0 Å². The molecule has 0 unspecified atom stereocenters. The van der Waals surface area contributed by atoms with Gasteiger partial charge in [-0.25, -0.2) is 4.79 Å². The summed E-state index contributed by atoms with van der Waals surface area (Å²) < 4.78 is 0. The number of fused-ring (bicyclic) bond motifs is 1. The summed E-state index contributed by atoms with van der Waals surface area (Å²) in [5.74, 6) is -2.12. The van der Waals surface area contributed by atoms with Crippen molar-refractivity contribution in [3.8, 4) is 0 Å². The number of likely N-dealkylation sites (tertiary alicyclic amines) is 1. The molecule has 3 rings (SSSR count). The molecule has 1 amide bonds. The van der Waals surface area contributed by atoms with E-state index in [1.54, 1.807) is 19.1 Å². The fourth-order valence-corrected chi connectivity index (χ4v) is 4.96. The van der Waals surface area contributed by atoms with Gasteiger partial charge in [-0.1, -0.05) is 36.6 Å². The van der Waals surface area contributed by atoms with Crippen molar-refractivity contribution in [3.05, 3.63) is 34.9 Å². The zero-order valence-electron chi connectivity index (χ0n) is 17.1. The predicted octanol–water partition coefficient (Wildman–Crippen LogP) is 2.95. The minimum atomic E-state index is -1.03. The second-order valence-electron chi connectivity index (χ2n) is 8.39. The number of aryl methyl sites for hydroxylation is 1. The molecule has 5 atom stereocenters. The van der Waals surface area contributed by atoms with E-state index in [-0.39, 0.29) is 17.9 Å². The van der Waals surface area contributed by atoms with Crippen LogP contribution in [0.2, 0.25) is 5.02 Å².